The number of ether oxygens (including phenoxy) is 2. The second-order valence-corrected chi connectivity index (χ2v) is 7.69. The average Bonchev–Trinajstić information content (AvgIpc) is 3.38. The van der Waals surface area contributed by atoms with Gasteiger partial charge in [0.05, 0.1) is 17.6 Å². The lowest BCUT2D eigenvalue weighted by atomic mass is 10.2. The van der Waals surface area contributed by atoms with Gasteiger partial charge in [-0.15, -0.1) is 16.8 Å². The topological polar surface area (TPSA) is 121 Å². The molecule has 4 rings (SSSR count). The van der Waals surface area contributed by atoms with Gasteiger partial charge in [0.15, 0.2) is 22.5 Å². The number of carbonyl (C=O) groups excluding carboxylic acids is 2. The van der Waals surface area contributed by atoms with Gasteiger partial charge in [-0.2, -0.15) is 0 Å². The van der Waals surface area contributed by atoms with E-state index in [0.29, 0.717) is 53.7 Å². The Morgan fingerprint density at radius 2 is 2.03 bits per heavy atom. The largest absolute Gasteiger partial charge is 0.486 e. The molecule has 0 spiro atoms. The van der Waals surface area contributed by atoms with Gasteiger partial charge >= 0.3 is 6.03 Å². The summed E-state index contributed by atoms with van der Waals surface area (Å²) >= 11 is 1.17. The molecule has 0 saturated heterocycles. The summed E-state index contributed by atoms with van der Waals surface area (Å²) in [5.74, 6) is 2.00. The fourth-order valence-electron chi connectivity index (χ4n) is 3.08. The number of nitrogens with zero attached hydrogens (tertiary/aromatic N) is 3. The molecule has 10 nitrogen and oxygen atoms in total. The first-order valence-corrected chi connectivity index (χ1v) is 10.8. The highest BCUT2D eigenvalue weighted by molar-refractivity contribution is 7.99. The third kappa shape index (κ3) is 4.78. The van der Waals surface area contributed by atoms with E-state index in [1.807, 2.05) is 17.6 Å². The van der Waals surface area contributed by atoms with Crippen molar-refractivity contribution in [2.24, 2.45) is 0 Å². The second kappa shape index (κ2) is 9.60. The summed E-state index contributed by atoms with van der Waals surface area (Å²) in [5, 5.41) is 13.8. The first-order valence-electron chi connectivity index (χ1n) is 9.77. The molecule has 3 amide bonds. The molecular formula is C21H21N5O5S. The molecule has 11 heteroatoms. The van der Waals surface area contributed by atoms with Crippen LogP contribution in [0.15, 0.2) is 52.8 Å². The number of fused-ring (bicyclic) bond motifs is 1. The summed E-state index contributed by atoms with van der Waals surface area (Å²) in [7, 11) is 0. The first-order chi connectivity index (χ1) is 15.5. The smallest absolute Gasteiger partial charge is 0.325 e. The van der Waals surface area contributed by atoms with Gasteiger partial charge in [-0.3, -0.25) is 14.7 Å². The van der Waals surface area contributed by atoms with Crippen LogP contribution in [-0.2, 0) is 11.3 Å². The number of amides is 3. The SMILES string of the molecule is C=CCn1c(SCC(=O)NC(=O)Nc2ccc3c(c2)OCCO3)nnc1-c1ccoc1C. The van der Waals surface area contributed by atoms with Gasteiger partial charge in [0.25, 0.3) is 0 Å². The maximum atomic E-state index is 12.3. The fraction of sp³-hybridized carbons (Fsp3) is 0.238. The van der Waals surface area contributed by atoms with Crippen molar-refractivity contribution in [2.45, 2.75) is 18.6 Å². The van der Waals surface area contributed by atoms with Crippen molar-refractivity contribution in [3.05, 3.63) is 48.9 Å². The number of furan rings is 1. The standard InChI is InChI=1S/C21H21N5O5S/c1-3-7-26-19(15-6-8-29-13(15)2)24-25-21(26)32-12-18(27)23-20(28)22-14-4-5-16-17(11-14)31-10-9-30-16/h3-6,8,11H,1,7,9-10,12H2,2H3,(H2,22,23,27,28). The predicted molar refractivity (Wildman–Crippen MR) is 118 cm³/mol. The molecule has 1 aromatic carbocycles. The van der Waals surface area contributed by atoms with Crippen LogP contribution in [-0.4, -0.2) is 45.7 Å². The van der Waals surface area contributed by atoms with E-state index >= 15 is 0 Å². The van der Waals surface area contributed by atoms with Crippen LogP contribution < -0.4 is 20.1 Å². The number of imide groups is 1. The lowest BCUT2D eigenvalue weighted by molar-refractivity contribution is -0.117. The highest BCUT2D eigenvalue weighted by Crippen LogP contribution is 2.32. The maximum Gasteiger partial charge on any atom is 0.325 e. The van der Waals surface area contributed by atoms with Gasteiger partial charge in [-0.05, 0) is 25.1 Å². The van der Waals surface area contributed by atoms with Crippen molar-refractivity contribution < 1.29 is 23.5 Å². The number of rotatable bonds is 7. The van der Waals surface area contributed by atoms with Crippen molar-refractivity contribution in [3.8, 4) is 22.9 Å². The monoisotopic (exact) mass is 455 g/mol. The molecular weight excluding hydrogens is 434 g/mol. The molecule has 32 heavy (non-hydrogen) atoms. The molecule has 0 bridgehead atoms. The van der Waals surface area contributed by atoms with E-state index in [-0.39, 0.29) is 5.75 Å². The van der Waals surface area contributed by atoms with Crippen LogP contribution in [0.1, 0.15) is 5.76 Å². The Morgan fingerprint density at radius 1 is 1.22 bits per heavy atom. The average molecular weight is 455 g/mol. The second-order valence-electron chi connectivity index (χ2n) is 6.75. The number of urea groups is 1. The number of benzene rings is 1. The van der Waals surface area contributed by atoms with E-state index in [0.717, 1.165) is 5.56 Å². The zero-order valence-corrected chi connectivity index (χ0v) is 18.1. The third-order valence-corrected chi connectivity index (χ3v) is 5.48. The van der Waals surface area contributed by atoms with Gasteiger partial charge < -0.3 is 19.2 Å². The van der Waals surface area contributed by atoms with E-state index in [9.17, 15) is 9.59 Å². The molecule has 0 radical (unpaired) electrons. The fourth-order valence-corrected chi connectivity index (χ4v) is 3.83. The number of thioether (sulfide) groups is 1. The van der Waals surface area contributed by atoms with E-state index in [4.69, 9.17) is 13.9 Å². The first kappa shape index (κ1) is 21.5. The normalized spacial score (nSPS) is 12.3. The summed E-state index contributed by atoms with van der Waals surface area (Å²) in [4.78, 5) is 24.5. The molecule has 0 aliphatic carbocycles. The quantitative estimate of drug-likeness (QED) is 0.411. The minimum Gasteiger partial charge on any atom is -0.486 e. The molecule has 1 aliphatic rings. The molecule has 2 aromatic heterocycles. The van der Waals surface area contributed by atoms with Crippen LogP contribution in [0.25, 0.3) is 11.4 Å². The van der Waals surface area contributed by atoms with Crippen LogP contribution in [0, 0.1) is 6.92 Å². The van der Waals surface area contributed by atoms with E-state index in [1.165, 1.54) is 11.8 Å². The predicted octanol–water partition coefficient (Wildman–Crippen LogP) is 3.24. The molecule has 3 heterocycles. The maximum absolute atomic E-state index is 12.3. The number of carbonyl (C=O) groups is 2. The Labute approximate surface area is 188 Å². The molecule has 0 unspecified atom stereocenters. The van der Waals surface area contributed by atoms with Gasteiger partial charge in [0.1, 0.15) is 19.0 Å². The summed E-state index contributed by atoms with van der Waals surface area (Å²) in [6.07, 6.45) is 3.30. The number of hydrogen-bond acceptors (Lipinski definition) is 8. The molecule has 0 saturated carbocycles. The van der Waals surface area contributed by atoms with E-state index < -0.39 is 11.9 Å². The highest BCUT2D eigenvalue weighted by atomic mass is 32.2. The van der Waals surface area contributed by atoms with Crippen LogP contribution in [0.5, 0.6) is 11.5 Å². The Kier molecular flexibility index (Phi) is 6.45. The number of allylic oxidation sites excluding steroid dienone is 1. The lowest BCUT2D eigenvalue weighted by Gasteiger charge is -2.19. The minimum absolute atomic E-state index is 0.0196. The molecule has 3 aromatic rings. The number of anilines is 1. The van der Waals surface area contributed by atoms with Crippen LogP contribution >= 0.6 is 11.8 Å². The molecule has 2 N–H and O–H groups in total. The van der Waals surface area contributed by atoms with Gasteiger partial charge in [-0.25, -0.2) is 4.79 Å². The van der Waals surface area contributed by atoms with Crippen molar-refractivity contribution in [2.75, 3.05) is 24.3 Å². The van der Waals surface area contributed by atoms with Crippen molar-refractivity contribution in [1.29, 1.82) is 0 Å². The zero-order valence-electron chi connectivity index (χ0n) is 17.3. The summed E-state index contributed by atoms with van der Waals surface area (Å²) in [5.41, 5.74) is 1.30. The summed E-state index contributed by atoms with van der Waals surface area (Å²) < 4.78 is 18.1. The number of nitrogens with one attached hydrogen (secondary N) is 2. The molecule has 1 aliphatic heterocycles. The van der Waals surface area contributed by atoms with Crippen LogP contribution in [0.2, 0.25) is 0 Å². The Balaban J connectivity index is 1.35. The van der Waals surface area contributed by atoms with Crippen LogP contribution in [0.3, 0.4) is 0 Å². The van der Waals surface area contributed by atoms with Gasteiger partial charge in [0, 0.05) is 18.3 Å². The van der Waals surface area contributed by atoms with Crippen LogP contribution in [0.4, 0.5) is 10.5 Å². The van der Waals surface area contributed by atoms with E-state index in [1.54, 1.807) is 30.5 Å². The van der Waals surface area contributed by atoms with E-state index in [2.05, 4.69) is 27.4 Å². The van der Waals surface area contributed by atoms with Gasteiger partial charge in [0.2, 0.25) is 5.91 Å². The highest BCUT2D eigenvalue weighted by Gasteiger charge is 2.18. The number of aromatic nitrogens is 3. The van der Waals surface area contributed by atoms with Crippen molar-refractivity contribution >= 4 is 29.4 Å². The number of hydrogen-bond donors (Lipinski definition) is 2. The Morgan fingerprint density at radius 3 is 2.78 bits per heavy atom. The molecule has 0 atom stereocenters. The Bertz CT molecular complexity index is 1160. The molecule has 166 valence electrons. The number of aryl methyl sites for hydroxylation is 1. The van der Waals surface area contributed by atoms with Gasteiger partial charge in [-0.1, -0.05) is 17.8 Å². The minimum atomic E-state index is -0.644. The van der Waals surface area contributed by atoms with Crippen molar-refractivity contribution in [1.82, 2.24) is 20.1 Å². The summed E-state index contributed by atoms with van der Waals surface area (Å²) in [6, 6.07) is 6.18. The third-order valence-electron chi connectivity index (χ3n) is 4.51. The zero-order chi connectivity index (χ0) is 22.5. The van der Waals surface area contributed by atoms with Crippen molar-refractivity contribution in [3.63, 3.8) is 0 Å². The Hall–Kier alpha value is -3.73. The summed E-state index contributed by atoms with van der Waals surface area (Å²) in [6.45, 7) is 6.98. The molecule has 0 fully saturated rings. The lowest BCUT2D eigenvalue weighted by Crippen LogP contribution is -2.35.